The highest BCUT2D eigenvalue weighted by atomic mass is 31.2. The number of rotatable bonds is 5. The number of pyridine rings is 2. The normalized spacial score (nSPS) is 11.7. The van der Waals surface area contributed by atoms with Crippen molar-refractivity contribution in [2.24, 2.45) is 0 Å². The number of fused-ring (bicyclic) bond motifs is 2. The van der Waals surface area contributed by atoms with E-state index in [9.17, 15) is 14.4 Å². The van der Waals surface area contributed by atoms with Crippen LogP contribution >= 0.6 is 7.60 Å². The quantitative estimate of drug-likeness (QED) is 0.305. The number of nitrogens with one attached hydrogen (secondary N) is 1. The molecule has 0 atom stereocenters. The lowest BCUT2D eigenvalue weighted by atomic mass is 9.93. The first-order valence-electron chi connectivity index (χ1n) is 10.1. The Bertz CT molecular complexity index is 1480. The summed E-state index contributed by atoms with van der Waals surface area (Å²) in [4.78, 5) is 27.4. The van der Waals surface area contributed by atoms with Crippen LogP contribution in [0.3, 0.4) is 0 Å². The summed E-state index contributed by atoms with van der Waals surface area (Å²) in [6.07, 6.45) is 3.11. The Morgan fingerprint density at radius 1 is 0.812 bits per heavy atom. The second-order valence-corrected chi connectivity index (χ2v) is 9.21. The van der Waals surface area contributed by atoms with Gasteiger partial charge in [0.15, 0.2) is 0 Å². The number of benzene rings is 3. The Labute approximate surface area is 184 Å². The lowest BCUT2D eigenvalue weighted by Gasteiger charge is -2.14. The minimum Gasteiger partial charge on any atom is -0.359 e. The van der Waals surface area contributed by atoms with Crippen molar-refractivity contribution in [1.82, 2.24) is 9.97 Å². The van der Waals surface area contributed by atoms with Gasteiger partial charge in [-0.2, -0.15) is 0 Å². The van der Waals surface area contributed by atoms with Crippen LogP contribution in [0.5, 0.6) is 0 Å². The molecule has 3 N–H and O–H groups in total. The molecule has 32 heavy (non-hydrogen) atoms. The summed E-state index contributed by atoms with van der Waals surface area (Å²) in [6.45, 7) is 0. The van der Waals surface area contributed by atoms with Gasteiger partial charge in [-0.3, -0.25) is 9.55 Å². The van der Waals surface area contributed by atoms with E-state index in [1.54, 1.807) is 12.3 Å². The third-order valence-electron chi connectivity index (χ3n) is 5.33. The van der Waals surface area contributed by atoms with Crippen molar-refractivity contribution in [3.63, 3.8) is 0 Å². The average Bonchev–Trinajstić information content (AvgIpc) is 2.82. The minimum atomic E-state index is -4.20. The van der Waals surface area contributed by atoms with Crippen molar-refractivity contribution >= 4 is 35.1 Å². The molecule has 0 fully saturated rings. The second kappa shape index (κ2) is 8.17. The number of aromatic nitrogens is 2. The lowest BCUT2D eigenvalue weighted by molar-refractivity contribution is 0.375. The van der Waals surface area contributed by atoms with Gasteiger partial charge in [0.2, 0.25) is 0 Å². The predicted molar refractivity (Wildman–Crippen MR) is 128 cm³/mol. The van der Waals surface area contributed by atoms with Crippen molar-refractivity contribution in [1.29, 1.82) is 0 Å². The molecule has 0 saturated heterocycles. The van der Waals surface area contributed by atoms with Gasteiger partial charge in [-0.05, 0) is 52.2 Å². The van der Waals surface area contributed by atoms with E-state index in [1.165, 1.54) is 0 Å². The molecule has 0 amide bonds. The van der Waals surface area contributed by atoms with Gasteiger partial charge in [0.05, 0.1) is 5.52 Å². The maximum atomic E-state index is 11.3. The zero-order valence-electron chi connectivity index (χ0n) is 17.0. The fourth-order valence-electron chi connectivity index (χ4n) is 3.88. The fourth-order valence-corrected chi connectivity index (χ4v) is 4.25. The average molecular weight is 441 g/mol. The van der Waals surface area contributed by atoms with Crippen LogP contribution in [0, 0.1) is 0 Å². The van der Waals surface area contributed by atoms with Gasteiger partial charge < -0.3 is 15.1 Å². The Morgan fingerprint density at radius 2 is 1.66 bits per heavy atom. The molecule has 0 bridgehead atoms. The van der Waals surface area contributed by atoms with E-state index in [4.69, 9.17) is 4.98 Å². The molecule has 2 aromatic heterocycles. The first-order valence-corrected chi connectivity index (χ1v) is 11.9. The van der Waals surface area contributed by atoms with E-state index in [1.807, 2.05) is 42.6 Å². The molecule has 158 valence electrons. The van der Waals surface area contributed by atoms with Crippen molar-refractivity contribution in [2.45, 2.75) is 0 Å². The Kier molecular flexibility index (Phi) is 5.19. The van der Waals surface area contributed by atoms with Crippen molar-refractivity contribution in [2.75, 3.05) is 11.6 Å². The van der Waals surface area contributed by atoms with Crippen LogP contribution in [0.2, 0.25) is 0 Å². The molecule has 0 radical (unpaired) electrons. The number of anilines is 1. The van der Waals surface area contributed by atoms with Crippen LogP contribution < -0.4 is 5.32 Å². The molecule has 5 aromatic rings. The summed E-state index contributed by atoms with van der Waals surface area (Å²) in [6, 6.07) is 26.1. The highest BCUT2D eigenvalue weighted by Crippen LogP contribution is 2.38. The molecular formula is C25H20N3O3P. The fraction of sp³-hybridized carbons (Fsp3) is 0.0400. The molecule has 5 rings (SSSR count). The van der Waals surface area contributed by atoms with Gasteiger partial charge in [-0.25, -0.2) is 4.98 Å². The van der Waals surface area contributed by atoms with Gasteiger partial charge in [-0.15, -0.1) is 0 Å². The summed E-state index contributed by atoms with van der Waals surface area (Å²) in [7, 11) is -4.20. The topological polar surface area (TPSA) is 95.3 Å². The summed E-state index contributed by atoms with van der Waals surface area (Å²) < 4.78 is 11.3. The van der Waals surface area contributed by atoms with E-state index in [0.29, 0.717) is 5.82 Å². The Hall–Kier alpha value is -3.57. The molecule has 0 spiro atoms. The van der Waals surface area contributed by atoms with Crippen LogP contribution in [0.15, 0.2) is 91.3 Å². The van der Waals surface area contributed by atoms with Gasteiger partial charge >= 0.3 is 7.60 Å². The predicted octanol–water partition coefficient (Wildman–Crippen LogP) is 5.66. The van der Waals surface area contributed by atoms with Crippen molar-refractivity contribution in [3.05, 3.63) is 91.3 Å². The number of nitrogens with zero attached hydrogens (tertiary/aromatic N) is 2. The van der Waals surface area contributed by atoms with E-state index in [-0.39, 0.29) is 0 Å². The summed E-state index contributed by atoms with van der Waals surface area (Å²) in [5.41, 5.74) is 4.76. The molecule has 0 aliphatic heterocycles. The Morgan fingerprint density at radius 3 is 2.47 bits per heavy atom. The van der Waals surface area contributed by atoms with Crippen molar-refractivity contribution in [3.8, 4) is 22.3 Å². The standard InChI is InChI=1S/C25H20N3O3P/c29-32(30,31)16-27-24-11-10-18-13-20(19-7-4-12-26-15-19)14-23(25(18)28-24)22-9-3-6-17-5-1-2-8-21(17)22/h1-15H,16H2,(H,27,28)(H2,29,30,31). The highest BCUT2D eigenvalue weighted by molar-refractivity contribution is 7.51. The van der Waals surface area contributed by atoms with Crippen molar-refractivity contribution < 1.29 is 14.4 Å². The monoisotopic (exact) mass is 441 g/mol. The van der Waals surface area contributed by atoms with Crippen LogP contribution in [0.1, 0.15) is 0 Å². The maximum absolute atomic E-state index is 11.3. The van der Waals surface area contributed by atoms with E-state index < -0.39 is 13.9 Å². The van der Waals surface area contributed by atoms with E-state index in [2.05, 4.69) is 46.7 Å². The molecule has 0 aliphatic carbocycles. The molecule has 6 nitrogen and oxygen atoms in total. The first-order chi connectivity index (χ1) is 15.5. The van der Waals surface area contributed by atoms with Crippen LogP contribution in [0.25, 0.3) is 43.9 Å². The zero-order chi connectivity index (χ0) is 22.1. The third kappa shape index (κ3) is 4.12. The first kappa shape index (κ1) is 20.3. The van der Waals surface area contributed by atoms with Gasteiger partial charge in [-0.1, -0.05) is 48.5 Å². The molecule has 2 heterocycles. The summed E-state index contributed by atoms with van der Waals surface area (Å²) in [5.74, 6) is 0.413. The molecular weight excluding hydrogens is 421 g/mol. The van der Waals surface area contributed by atoms with Gasteiger partial charge in [0.1, 0.15) is 12.1 Å². The lowest BCUT2D eigenvalue weighted by Crippen LogP contribution is -2.04. The van der Waals surface area contributed by atoms with E-state index in [0.717, 1.165) is 43.9 Å². The van der Waals surface area contributed by atoms with Crippen LogP contribution in [0.4, 0.5) is 5.82 Å². The molecule has 0 aliphatic rings. The molecule has 0 saturated carbocycles. The molecule has 0 unspecified atom stereocenters. The smallest absolute Gasteiger partial charge is 0.344 e. The second-order valence-electron chi connectivity index (χ2n) is 7.56. The third-order valence-corrected chi connectivity index (χ3v) is 5.90. The number of hydrogen-bond donors (Lipinski definition) is 3. The maximum Gasteiger partial charge on any atom is 0.344 e. The summed E-state index contributed by atoms with van der Waals surface area (Å²) >= 11 is 0. The van der Waals surface area contributed by atoms with Gasteiger partial charge in [0, 0.05) is 28.9 Å². The van der Waals surface area contributed by atoms with Crippen LogP contribution in [-0.4, -0.2) is 26.0 Å². The SMILES string of the molecule is O=P(O)(O)CNc1ccc2cc(-c3cccnc3)cc(-c3cccc4ccccc34)c2n1. The van der Waals surface area contributed by atoms with Crippen LogP contribution in [-0.2, 0) is 4.57 Å². The summed E-state index contributed by atoms with van der Waals surface area (Å²) in [5, 5.41) is 5.91. The highest BCUT2D eigenvalue weighted by Gasteiger charge is 2.15. The van der Waals surface area contributed by atoms with E-state index >= 15 is 0 Å². The largest absolute Gasteiger partial charge is 0.359 e. The zero-order valence-corrected chi connectivity index (χ0v) is 17.9. The van der Waals surface area contributed by atoms with Gasteiger partial charge in [0.25, 0.3) is 0 Å². The molecule has 3 aromatic carbocycles. The minimum absolute atomic E-state index is 0.413. The Balaban J connectivity index is 1.76. The molecule has 7 heteroatoms. The number of hydrogen-bond acceptors (Lipinski definition) is 4.